The van der Waals surface area contributed by atoms with Crippen LogP contribution in [0.15, 0.2) is 24.3 Å². The second-order valence-electron chi connectivity index (χ2n) is 5.36. The van der Waals surface area contributed by atoms with Crippen molar-refractivity contribution in [1.29, 1.82) is 0 Å². The molecule has 1 aromatic carbocycles. The van der Waals surface area contributed by atoms with Crippen LogP contribution in [0.2, 0.25) is 0 Å². The van der Waals surface area contributed by atoms with Crippen molar-refractivity contribution in [3.63, 3.8) is 0 Å². The second kappa shape index (κ2) is 5.99. The molecule has 1 saturated heterocycles. The summed E-state index contributed by atoms with van der Waals surface area (Å²) in [5, 5.41) is 4.69. The molecule has 6 heteroatoms. The molecule has 1 aliphatic rings. The first kappa shape index (κ1) is 14.3. The molecule has 1 aliphatic heterocycles. The fraction of sp³-hybridized carbons (Fsp3) is 0.467. The van der Waals surface area contributed by atoms with Gasteiger partial charge in [-0.1, -0.05) is 0 Å². The van der Waals surface area contributed by atoms with Gasteiger partial charge in [-0.3, -0.25) is 4.90 Å². The highest BCUT2D eigenvalue weighted by Gasteiger charge is 2.15. The SMILES string of the molecule is COc1ccc(-c2nn(CN3CCCC3)c(=S)n2C)cc1. The average Bonchev–Trinajstić information content (AvgIpc) is 3.11. The molecule has 0 amide bonds. The fourth-order valence-electron chi connectivity index (χ4n) is 2.69. The monoisotopic (exact) mass is 304 g/mol. The smallest absolute Gasteiger partial charge is 0.199 e. The topological polar surface area (TPSA) is 35.2 Å². The first-order valence-corrected chi connectivity index (χ1v) is 7.60. The zero-order chi connectivity index (χ0) is 14.8. The summed E-state index contributed by atoms with van der Waals surface area (Å²) in [6.07, 6.45) is 2.54. The number of aromatic nitrogens is 3. The first-order valence-electron chi connectivity index (χ1n) is 7.19. The van der Waals surface area contributed by atoms with E-state index in [1.54, 1.807) is 7.11 Å². The fourth-order valence-corrected chi connectivity index (χ4v) is 2.87. The Balaban J connectivity index is 1.89. The summed E-state index contributed by atoms with van der Waals surface area (Å²) >= 11 is 5.51. The summed E-state index contributed by atoms with van der Waals surface area (Å²) < 4.78 is 9.83. The summed E-state index contributed by atoms with van der Waals surface area (Å²) in [7, 11) is 3.64. The summed E-state index contributed by atoms with van der Waals surface area (Å²) in [4.78, 5) is 2.39. The van der Waals surface area contributed by atoms with Gasteiger partial charge >= 0.3 is 0 Å². The normalized spacial score (nSPS) is 15.5. The van der Waals surface area contributed by atoms with Crippen LogP contribution in [0.25, 0.3) is 11.4 Å². The first-order chi connectivity index (χ1) is 10.2. The van der Waals surface area contributed by atoms with Gasteiger partial charge in [0.25, 0.3) is 0 Å². The maximum absolute atomic E-state index is 5.51. The van der Waals surface area contributed by atoms with Crippen LogP contribution in [0, 0.1) is 4.77 Å². The van der Waals surface area contributed by atoms with E-state index < -0.39 is 0 Å². The molecule has 0 spiro atoms. The Morgan fingerprint density at radius 2 is 1.86 bits per heavy atom. The van der Waals surface area contributed by atoms with E-state index in [2.05, 4.69) is 4.90 Å². The van der Waals surface area contributed by atoms with Crippen LogP contribution >= 0.6 is 12.2 Å². The number of hydrogen-bond acceptors (Lipinski definition) is 4. The summed E-state index contributed by atoms with van der Waals surface area (Å²) in [6.45, 7) is 3.05. The van der Waals surface area contributed by atoms with Crippen LogP contribution in [0.1, 0.15) is 12.8 Å². The van der Waals surface area contributed by atoms with Crippen molar-refractivity contribution >= 4 is 12.2 Å². The lowest BCUT2D eigenvalue weighted by Gasteiger charge is -2.13. The van der Waals surface area contributed by atoms with Crippen molar-refractivity contribution < 1.29 is 4.74 Å². The molecule has 0 aliphatic carbocycles. The Morgan fingerprint density at radius 1 is 1.19 bits per heavy atom. The minimum atomic E-state index is 0.757. The molecular formula is C15H20N4OS. The Hall–Kier alpha value is -1.66. The zero-order valence-electron chi connectivity index (χ0n) is 12.5. The van der Waals surface area contributed by atoms with Crippen LogP contribution in [0.4, 0.5) is 0 Å². The zero-order valence-corrected chi connectivity index (χ0v) is 13.3. The molecule has 2 aromatic rings. The average molecular weight is 304 g/mol. The highest BCUT2D eigenvalue weighted by atomic mass is 32.1. The molecule has 0 bridgehead atoms. The van der Waals surface area contributed by atoms with Gasteiger partial charge in [0.2, 0.25) is 0 Å². The number of rotatable bonds is 4. The Morgan fingerprint density at radius 3 is 2.48 bits per heavy atom. The molecule has 1 aromatic heterocycles. The van der Waals surface area contributed by atoms with Crippen LogP contribution in [-0.2, 0) is 13.7 Å². The number of ether oxygens (including phenoxy) is 1. The van der Waals surface area contributed by atoms with Crippen LogP contribution in [-0.4, -0.2) is 39.4 Å². The number of nitrogens with zero attached hydrogens (tertiary/aromatic N) is 4. The van der Waals surface area contributed by atoms with E-state index in [1.165, 1.54) is 12.8 Å². The summed E-state index contributed by atoms with van der Waals surface area (Å²) in [5.74, 6) is 1.73. The minimum Gasteiger partial charge on any atom is -0.497 e. The van der Waals surface area contributed by atoms with Gasteiger partial charge in [-0.25, -0.2) is 4.68 Å². The maximum atomic E-state index is 5.51. The summed E-state index contributed by atoms with van der Waals surface area (Å²) in [5.41, 5.74) is 1.05. The third kappa shape index (κ3) is 2.87. The van der Waals surface area contributed by atoms with E-state index in [1.807, 2.05) is 40.6 Å². The van der Waals surface area contributed by atoms with Gasteiger partial charge in [0.05, 0.1) is 13.8 Å². The van der Waals surface area contributed by atoms with Gasteiger partial charge < -0.3 is 9.30 Å². The number of benzene rings is 1. The van der Waals surface area contributed by atoms with Crippen LogP contribution in [0.3, 0.4) is 0 Å². The van der Waals surface area contributed by atoms with Gasteiger partial charge in [0, 0.05) is 12.6 Å². The molecular weight excluding hydrogens is 284 g/mol. The van der Waals surface area contributed by atoms with Gasteiger partial charge in [-0.15, -0.1) is 0 Å². The Bertz CT molecular complexity index is 668. The van der Waals surface area contributed by atoms with Gasteiger partial charge in [-0.05, 0) is 62.4 Å². The predicted octanol–water partition coefficient (Wildman–Crippen LogP) is 2.68. The number of hydrogen-bond donors (Lipinski definition) is 0. The van der Waals surface area contributed by atoms with E-state index in [0.29, 0.717) is 0 Å². The standard InChI is InChI=1S/C15H20N4OS/c1-17-14(12-5-7-13(20-2)8-6-12)16-19(15(17)21)11-18-9-3-4-10-18/h5-8H,3-4,9-11H2,1-2H3. The lowest BCUT2D eigenvalue weighted by molar-refractivity contribution is 0.253. The molecule has 0 saturated carbocycles. The second-order valence-corrected chi connectivity index (χ2v) is 5.72. The van der Waals surface area contributed by atoms with E-state index in [0.717, 1.165) is 41.7 Å². The Kier molecular flexibility index (Phi) is 4.07. The van der Waals surface area contributed by atoms with Gasteiger partial charge in [-0.2, -0.15) is 5.10 Å². The quantitative estimate of drug-likeness (QED) is 0.814. The van der Waals surface area contributed by atoms with Crippen molar-refractivity contribution in [3.8, 4) is 17.1 Å². The third-order valence-electron chi connectivity index (χ3n) is 3.92. The van der Waals surface area contributed by atoms with E-state index in [9.17, 15) is 0 Å². The minimum absolute atomic E-state index is 0.757. The lowest BCUT2D eigenvalue weighted by Crippen LogP contribution is -2.23. The van der Waals surface area contributed by atoms with Crippen molar-refractivity contribution in [2.45, 2.75) is 19.5 Å². The number of likely N-dealkylation sites (tertiary alicyclic amines) is 1. The molecule has 21 heavy (non-hydrogen) atoms. The molecule has 0 unspecified atom stereocenters. The highest BCUT2D eigenvalue weighted by Crippen LogP contribution is 2.21. The van der Waals surface area contributed by atoms with Crippen molar-refractivity contribution in [2.75, 3.05) is 20.2 Å². The maximum Gasteiger partial charge on any atom is 0.199 e. The molecule has 0 N–H and O–H groups in total. The van der Waals surface area contributed by atoms with Crippen LogP contribution in [0.5, 0.6) is 5.75 Å². The third-order valence-corrected chi connectivity index (χ3v) is 4.41. The van der Waals surface area contributed by atoms with Crippen LogP contribution < -0.4 is 4.74 Å². The van der Waals surface area contributed by atoms with Crippen molar-refractivity contribution in [1.82, 2.24) is 19.2 Å². The van der Waals surface area contributed by atoms with E-state index >= 15 is 0 Å². The molecule has 0 radical (unpaired) electrons. The number of methoxy groups -OCH3 is 1. The molecule has 3 rings (SSSR count). The van der Waals surface area contributed by atoms with Gasteiger partial charge in [0.15, 0.2) is 10.6 Å². The van der Waals surface area contributed by atoms with E-state index in [-0.39, 0.29) is 0 Å². The van der Waals surface area contributed by atoms with Crippen molar-refractivity contribution in [2.24, 2.45) is 7.05 Å². The van der Waals surface area contributed by atoms with Crippen molar-refractivity contribution in [3.05, 3.63) is 29.0 Å². The molecule has 0 atom stereocenters. The molecule has 2 heterocycles. The highest BCUT2D eigenvalue weighted by molar-refractivity contribution is 7.71. The lowest BCUT2D eigenvalue weighted by atomic mass is 10.2. The molecule has 1 fully saturated rings. The Labute approximate surface area is 129 Å². The van der Waals surface area contributed by atoms with E-state index in [4.69, 9.17) is 22.1 Å². The van der Waals surface area contributed by atoms with Gasteiger partial charge in [0.1, 0.15) is 5.75 Å². The predicted molar refractivity (Wildman–Crippen MR) is 84.8 cm³/mol. The molecule has 112 valence electrons. The summed E-state index contributed by atoms with van der Waals surface area (Å²) in [6, 6.07) is 7.90. The largest absolute Gasteiger partial charge is 0.497 e. The molecule has 5 nitrogen and oxygen atoms in total.